The van der Waals surface area contributed by atoms with Crippen LogP contribution in [0, 0.1) is 0 Å². The molecule has 0 saturated carbocycles. The Bertz CT molecular complexity index is 1140. The maximum Gasteiger partial charge on any atom is 0.472 e. The van der Waals surface area contributed by atoms with E-state index in [9.17, 15) is 19.4 Å². The molecule has 3 unspecified atom stereocenters. The Morgan fingerprint density at radius 1 is 0.557 bits per heavy atom. The van der Waals surface area contributed by atoms with Crippen LogP contribution in [0.15, 0.2) is 60.8 Å². The second-order valence-electron chi connectivity index (χ2n) is 17.0. The predicted molar refractivity (Wildman–Crippen MR) is 263 cm³/mol. The van der Waals surface area contributed by atoms with Gasteiger partial charge in [0.05, 0.1) is 25.4 Å². The number of carbonyl (C=O) groups is 1. The van der Waals surface area contributed by atoms with Crippen LogP contribution in [-0.2, 0) is 18.4 Å². The summed E-state index contributed by atoms with van der Waals surface area (Å²) < 4.78 is 22.3. The Hall–Kier alpha value is -1.80. The summed E-state index contributed by atoms with van der Waals surface area (Å²) in [6.45, 7) is 4.10. The SMILES string of the molecule is CC/C=C\C/C=C\C/C=C\C/C=C\C/C=C\CCCCCCCCCC(=O)NC(COP(=O)(O)OCCN)C(O)CCCCCCCCCCCCCCCCCCCCC. The smallest absolute Gasteiger partial charge is 0.391 e. The third-order valence-corrected chi connectivity index (χ3v) is 12.1. The summed E-state index contributed by atoms with van der Waals surface area (Å²) in [6.07, 6.45) is 60.9. The summed E-state index contributed by atoms with van der Waals surface area (Å²) in [5, 5.41) is 13.9. The molecule has 9 heteroatoms. The third kappa shape index (κ3) is 46.0. The Labute approximate surface area is 376 Å². The second kappa shape index (κ2) is 47.7. The van der Waals surface area contributed by atoms with Gasteiger partial charge in [-0.2, -0.15) is 0 Å². The van der Waals surface area contributed by atoms with Crippen LogP contribution in [0.3, 0.4) is 0 Å². The fourth-order valence-electron chi connectivity index (χ4n) is 7.34. The van der Waals surface area contributed by atoms with Crippen molar-refractivity contribution in [3.05, 3.63) is 60.8 Å². The number of hydrogen-bond acceptors (Lipinski definition) is 6. The maximum absolute atomic E-state index is 12.8. The Morgan fingerprint density at radius 3 is 1.39 bits per heavy atom. The van der Waals surface area contributed by atoms with Gasteiger partial charge in [0, 0.05) is 13.0 Å². The van der Waals surface area contributed by atoms with Gasteiger partial charge in [0.15, 0.2) is 0 Å². The molecule has 5 N–H and O–H groups in total. The van der Waals surface area contributed by atoms with Crippen LogP contribution in [-0.4, -0.2) is 47.8 Å². The van der Waals surface area contributed by atoms with Crippen LogP contribution in [0.1, 0.15) is 232 Å². The van der Waals surface area contributed by atoms with Gasteiger partial charge in [-0.05, 0) is 57.8 Å². The number of amides is 1. The van der Waals surface area contributed by atoms with E-state index in [1.54, 1.807) is 0 Å². The summed E-state index contributed by atoms with van der Waals surface area (Å²) in [4.78, 5) is 22.9. The zero-order valence-electron chi connectivity index (χ0n) is 39.6. The van der Waals surface area contributed by atoms with Gasteiger partial charge in [0.1, 0.15) is 0 Å². The van der Waals surface area contributed by atoms with Gasteiger partial charge < -0.3 is 21.1 Å². The van der Waals surface area contributed by atoms with E-state index in [2.05, 4.69) is 79.9 Å². The monoisotopic (exact) mass is 877 g/mol. The van der Waals surface area contributed by atoms with Crippen molar-refractivity contribution >= 4 is 13.7 Å². The van der Waals surface area contributed by atoms with Gasteiger partial charge in [0.2, 0.25) is 5.91 Å². The first kappa shape index (κ1) is 59.2. The quantitative estimate of drug-likeness (QED) is 0.0272. The molecule has 0 aliphatic heterocycles. The molecule has 0 aromatic rings. The Balaban J connectivity index is 4.10. The standard InChI is InChI=1S/C52H97N2O6P/c1-3-5-7-9-11-13-15-17-19-21-23-24-25-26-28-30-32-34-36-38-40-42-44-46-52(56)54-50(49-60-61(57,58)59-48-47-53)51(55)45-43-41-39-37-35-33-31-29-27-22-20-18-16-14-12-10-8-6-4-2/h5,7,11,13,17,19,23-24,26,28,50-51,55H,3-4,6,8-10,12,14-16,18,20-22,25,27,29-49,53H2,1-2H3,(H,54,56)(H,57,58)/b7-5-,13-11-,19-17-,24-23-,28-26-. The number of aliphatic hydroxyl groups excluding tert-OH is 1. The molecule has 3 atom stereocenters. The lowest BCUT2D eigenvalue weighted by atomic mass is 10.0. The van der Waals surface area contributed by atoms with Crippen molar-refractivity contribution in [1.82, 2.24) is 5.32 Å². The van der Waals surface area contributed by atoms with Gasteiger partial charge in [-0.25, -0.2) is 4.57 Å². The molecule has 0 bridgehead atoms. The van der Waals surface area contributed by atoms with E-state index in [1.165, 1.54) is 122 Å². The zero-order valence-corrected chi connectivity index (χ0v) is 40.5. The molecular formula is C52H97N2O6P. The van der Waals surface area contributed by atoms with E-state index in [0.29, 0.717) is 12.8 Å². The number of phosphoric ester groups is 1. The van der Waals surface area contributed by atoms with Crippen LogP contribution in [0.25, 0.3) is 0 Å². The fourth-order valence-corrected chi connectivity index (χ4v) is 8.10. The number of carbonyl (C=O) groups excluding carboxylic acids is 1. The number of nitrogens with one attached hydrogen (secondary N) is 1. The predicted octanol–water partition coefficient (Wildman–Crippen LogP) is 15.0. The third-order valence-electron chi connectivity index (χ3n) is 11.1. The van der Waals surface area contributed by atoms with Crippen LogP contribution in [0.5, 0.6) is 0 Å². The van der Waals surface area contributed by atoms with Crippen LogP contribution in [0.4, 0.5) is 0 Å². The van der Waals surface area contributed by atoms with E-state index in [0.717, 1.165) is 83.5 Å². The Morgan fingerprint density at radius 2 is 0.951 bits per heavy atom. The molecule has 8 nitrogen and oxygen atoms in total. The first-order valence-corrected chi connectivity index (χ1v) is 26.9. The highest BCUT2D eigenvalue weighted by Crippen LogP contribution is 2.43. The van der Waals surface area contributed by atoms with Gasteiger partial charge >= 0.3 is 7.82 Å². The summed E-state index contributed by atoms with van der Waals surface area (Å²) in [5.74, 6) is -0.173. The summed E-state index contributed by atoms with van der Waals surface area (Å²) in [6, 6.07) is -0.784. The normalized spacial score (nSPS) is 14.4. The zero-order chi connectivity index (χ0) is 44.6. The van der Waals surface area contributed by atoms with Crippen molar-refractivity contribution in [2.45, 2.75) is 244 Å². The topological polar surface area (TPSA) is 131 Å². The average Bonchev–Trinajstić information content (AvgIpc) is 3.25. The van der Waals surface area contributed by atoms with Crippen LogP contribution >= 0.6 is 7.82 Å². The minimum absolute atomic E-state index is 0.0845. The van der Waals surface area contributed by atoms with Crippen molar-refractivity contribution in [3.8, 4) is 0 Å². The Kier molecular flexibility index (Phi) is 46.3. The number of nitrogens with two attached hydrogens (primary N) is 1. The van der Waals surface area contributed by atoms with Crippen molar-refractivity contribution in [2.75, 3.05) is 19.8 Å². The molecule has 1 amide bonds. The van der Waals surface area contributed by atoms with E-state index in [-0.39, 0.29) is 25.7 Å². The van der Waals surface area contributed by atoms with E-state index >= 15 is 0 Å². The van der Waals surface area contributed by atoms with E-state index < -0.39 is 20.0 Å². The number of hydrogen-bond donors (Lipinski definition) is 4. The molecule has 0 spiro atoms. The largest absolute Gasteiger partial charge is 0.472 e. The number of rotatable bonds is 47. The minimum Gasteiger partial charge on any atom is -0.391 e. The lowest BCUT2D eigenvalue weighted by Crippen LogP contribution is -2.46. The van der Waals surface area contributed by atoms with Crippen molar-refractivity contribution < 1.29 is 28.4 Å². The molecular weight excluding hydrogens is 780 g/mol. The lowest BCUT2D eigenvalue weighted by Gasteiger charge is -2.25. The molecule has 0 saturated heterocycles. The van der Waals surface area contributed by atoms with Gasteiger partial charge in [-0.15, -0.1) is 0 Å². The van der Waals surface area contributed by atoms with E-state index in [1.807, 2.05) is 0 Å². The number of unbranched alkanes of at least 4 members (excludes halogenated alkanes) is 25. The van der Waals surface area contributed by atoms with Gasteiger partial charge in [-0.1, -0.05) is 229 Å². The summed E-state index contributed by atoms with van der Waals surface area (Å²) in [5.41, 5.74) is 5.40. The fraction of sp³-hybridized carbons (Fsp3) is 0.788. The van der Waals surface area contributed by atoms with Crippen molar-refractivity contribution in [2.24, 2.45) is 5.73 Å². The molecule has 356 valence electrons. The first-order chi connectivity index (χ1) is 29.9. The molecule has 0 heterocycles. The molecule has 0 aliphatic carbocycles. The lowest BCUT2D eigenvalue weighted by molar-refractivity contribution is -0.123. The minimum atomic E-state index is -4.33. The van der Waals surface area contributed by atoms with Gasteiger partial charge in [0.25, 0.3) is 0 Å². The molecule has 0 aromatic heterocycles. The molecule has 0 radical (unpaired) electrons. The molecule has 0 rings (SSSR count). The van der Waals surface area contributed by atoms with Crippen molar-refractivity contribution in [1.29, 1.82) is 0 Å². The van der Waals surface area contributed by atoms with Crippen LogP contribution in [0.2, 0.25) is 0 Å². The highest BCUT2D eigenvalue weighted by atomic mass is 31.2. The summed E-state index contributed by atoms with van der Waals surface area (Å²) >= 11 is 0. The van der Waals surface area contributed by atoms with Gasteiger partial charge in [-0.3, -0.25) is 13.8 Å². The number of aliphatic hydroxyl groups is 1. The molecule has 0 fully saturated rings. The van der Waals surface area contributed by atoms with Crippen LogP contribution < -0.4 is 11.1 Å². The second-order valence-corrected chi connectivity index (χ2v) is 18.5. The maximum atomic E-state index is 12.8. The number of phosphoric acid groups is 1. The number of allylic oxidation sites excluding steroid dienone is 10. The highest BCUT2D eigenvalue weighted by Gasteiger charge is 2.27. The molecule has 61 heavy (non-hydrogen) atoms. The molecule has 0 aliphatic rings. The van der Waals surface area contributed by atoms with E-state index in [4.69, 9.17) is 14.8 Å². The van der Waals surface area contributed by atoms with Crippen molar-refractivity contribution in [3.63, 3.8) is 0 Å². The summed E-state index contributed by atoms with van der Waals surface area (Å²) in [7, 11) is -4.33. The highest BCUT2D eigenvalue weighted by molar-refractivity contribution is 7.47. The average molecular weight is 877 g/mol. The first-order valence-electron chi connectivity index (χ1n) is 25.4. The molecule has 0 aromatic carbocycles.